The van der Waals surface area contributed by atoms with Gasteiger partial charge in [0.1, 0.15) is 5.69 Å². The molecule has 0 bridgehead atoms. The largest absolute Gasteiger partial charge is 0.402 e. The van der Waals surface area contributed by atoms with Crippen LogP contribution in [0.1, 0.15) is 41.4 Å². The molecular formula is C20H25N3O2. The summed E-state index contributed by atoms with van der Waals surface area (Å²) in [5, 5.41) is 1.06. The number of nitrogens with two attached hydrogens (primary N) is 1. The van der Waals surface area contributed by atoms with Crippen LogP contribution >= 0.6 is 0 Å². The van der Waals surface area contributed by atoms with Crippen molar-refractivity contribution in [3.8, 4) is 0 Å². The fourth-order valence-electron chi connectivity index (χ4n) is 3.46. The number of amides is 1. The summed E-state index contributed by atoms with van der Waals surface area (Å²) in [5.74, 6) is 0.180. The summed E-state index contributed by atoms with van der Waals surface area (Å²) in [5.41, 5.74) is 10.7. The molecule has 3 N–H and O–H groups in total. The minimum Gasteiger partial charge on any atom is -0.402 e. The Morgan fingerprint density at radius 3 is 2.44 bits per heavy atom. The van der Waals surface area contributed by atoms with Crippen molar-refractivity contribution in [3.63, 3.8) is 0 Å². The van der Waals surface area contributed by atoms with Crippen LogP contribution in [-0.2, 0) is 4.79 Å². The average Bonchev–Trinajstić information content (AvgIpc) is 2.97. The van der Waals surface area contributed by atoms with E-state index in [1.807, 2.05) is 11.0 Å². The van der Waals surface area contributed by atoms with Crippen molar-refractivity contribution in [2.75, 3.05) is 13.1 Å². The third-order valence-electron chi connectivity index (χ3n) is 5.09. The second-order valence-electron chi connectivity index (χ2n) is 7.03. The number of carbonyl (C=O) groups is 2. The van der Waals surface area contributed by atoms with Gasteiger partial charge in [0.15, 0.2) is 5.78 Å². The van der Waals surface area contributed by atoms with E-state index in [0.717, 1.165) is 23.7 Å². The lowest BCUT2D eigenvalue weighted by atomic mass is 9.93. The molecule has 132 valence electrons. The van der Waals surface area contributed by atoms with Gasteiger partial charge in [0, 0.05) is 35.6 Å². The molecule has 1 saturated heterocycles. The van der Waals surface area contributed by atoms with Crippen LogP contribution in [0.15, 0.2) is 30.0 Å². The molecule has 25 heavy (non-hydrogen) atoms. The van der Waals surface area contributed by atoms with Crippen LogP contribution < -0.4 is 5.73 Å². The summed E-state index contributed by atoms with van der Waals surface area (Å²) in [6.07, 6.45) is 3.09. The first-order chi connectivity index (χ1) is 11.8. The number of nitrogens with one attached hydrogen (secondary N) is 1. The third kappa shape index (κ3) is 3.60. The predicted molar refractivity (Wildman–Crippen MR) is 99.4 cm³/mol. The first-order valence-electron chi connectivity index (χ1n) is 8.72. The van der Waals surface area contributed by atoms with Crippen LogP contribution in [0.25, 0.3) is 10.9 Å². The maximum absolute atomic E-state index is 12.8. The Bertz CT molecular complexity index is 816. The Kier molecular flexibility index (Phi) is 4.66. The fourth-order valence-corrected chi connectivity index (χ4v) is 3.46. The molecule has 0 unspecified atom stereocenters. The van der Waals surface area contributed by atoms with E-state index >= 15 is 0 Å². The molecule has 5 nitrogen and oxygen atoms in total. The highest BCUT2D eigenvalue weighted by Gasteiger charge is 2.26. The molecular weight excluding hydrogens is 314 g/mol. The van der Waals surface area contributed by atoms with Gasteiger partial charge in [0.2, 0.25) is 0 Å². The number of hydrogen-bond donors (Lipinski definition) is 2. The molecule has 2 heterocycles. The highest BCUT2D eigenvalue weighted by molar-refractivity contribution is 5.98. The number of rotatable bonds is 3. The monoisotopic (exact) mass is 339 g/mol. The minimum absolute atomic E-state index is 0.0269. The smallest absolute Gasteiger partial charge is 0.270 e. The van der Waals surface area contributed by atoms with Crippen LogP contribution in [0.5, 0.6) is 0 Å². The Morgan fingerprint density at radius 2 is 1.80 bits per heavy atom. The van der Waals surface area contributed by atoms with Gasteiger partial charge in [0.05, 0.1) is 0 Å². The minimum atomic E-state index is -0.0281. The average molecular weight is 339 g/mol. The number of nitrogens with zero attached hydrogens (tertiary/aromatic N) is 1. The molecule has 1 aliphatic rings. The van der Waals surface area contributed by atoms with Crippen LogP contribution in [0.3, 0.4) is 0 Å². The number of aryl methyl sites for hydroxylation is 2. The maximum Gasteiger partial charge on any atom is 0.270 e. The fraction of sp³-hybridized carbons (Fsp3) is 0.400. The van der Waals surface area contributed by atoms with Crippen molar-refractivity contribution in [1.29, 1.82) is 0 Å². The van der Waals surface area contributed by atoms with Crippen molar-refractivity contribution in [1.82, 2.24) is 9.88 Å². The lowest BCUT2D eigenvalue weighted by molar-refractivity contribution is -0.112. The molecule has 0 radical (unpaired) electrons. The van der Waals surface area contributed by atoms with Crippen molar-refractivity contribution in [2.45, 2.75) is 33.6 Å². The van der Waals surface area contributed by atoms with Crippen LogP contribution in [0.4, 0.5) is 0 Å². The Hall–Kier alpha value is -2.56. The van der Waals surface area contributed by atoms with E-state index in [9.17, 15) is 9.59 Å². The van der Waals surface area contributed by atoms with Gasteiger partial charge in [0.25, 0.3) is 5.91 Å². The zero-order chi connectivity index (χ0) is 18.1. The van der Waals surface area contributed by atoms with Crippen molar-refractivity contribution in [2.24, 2.45) is 11.7 Å². The molecule has 0 aliphatic carbocycles. The van der Waals surface area contributed by atoms with Gasteiger partial charge >= 0.3 is 0 Å². The summed E-state index contributed by atoms with van der Waals surface area (Å²) >= 11 is 0. The molecule has 1 fully saturated rings. The number of benzene rings is 1. The molecule has 5 heteroatoms. The predicted octanol–water partition coefficient (Wildman–Crippen LogP) is 3.07. The molecule has 1 aromatic heterocycles. The van der Waals surface area contributed by atoms with Crippen molar-refractivity contribution >= 4 is 22.6 Å². The number of H-pyrrole nitrogens is 1. The van der Waals surface area contributed by atoms with E-state index in [0.29, 0.717) is 24.5 Å². The quantitative estimate of drug-likeness (QED) is 0.844. The summed E-state index contributed by atoms with van der Waals surface area (Å²) in [4.78, 5) is 29.1. The van der Waals surface area contributed by atoms with Crippen molar-refractivity contribution < 1.29 is 9.59 Å². The molecule has 1 aromatic carbocycles. The number of allylic oxidation sites excluding steroid dienone is 2. The number of ketones is 1. The van der Waals surface area contributed by atoms with E-state index in [2.05, 4.69) is 31.0 Å². The van der Waals surface area contributed by atoms with E-state index in [1.54, 1.807) is 0 Å². The van der Waals surface area contributed by atoms with E-state index in [4.69, 9.17) is 5.73 Å². The Labute approximate surface area is 147 Å². The zero-order valence-corrected chi connectivity index (χ0v) is 15.1. The molecule has 1 aliphatic heterocycles. The molecule has 0 spiro atoms. The van der Waals surface area contributed by atoms with E-state index in [1.165, 1.54) is 24.1 Å². The van der Waals surface area contributed by atoms with Gasteiger partial charge in [-0.25, -0.2) is 0 Å². The first-order valence-corrected chi connectivity index (χ1v) is 8.72. The van der Waals surface area contributed by atoms with Gasteiger partial charge < -0.3 is 15.6 Å². The van der Waals surface area contributed by atoms with E-state index in [-0.39, 0.29) is 17.6 Å². The zero-order valence-electron chi connectivity index (χ0n) is 15.1. The lowest BCUT2D eigenvalue weighted by Gasteiger charge is -2.32. The highest BCUT2D eigenvalue weighted by atomic mass is 16.2. The SMILES string of the molecule is CC(=O)/C=C(\N)C1CCN(C(=O)c2cc3cc(C)c(C)cc3[nH]2)CC1. The number of aromatic nitrogens is 1. The number of carbonyl (C=O) groups excluding carboxylic acids is 2. The standard InChI is InChI=1S/C20H25N3O2/c1-12-8-16-11-19(22-18(16)9-13(12)2)20(25)23-6-4-15(5-7-23)17(21)10-14(3)24/h8-11,15,22H,4-7,21H2,1-3H3/b17-10-. The van der Waals surface area contributed by atoms with Crippen LogP contribution in [-0.4, -0.2) is 34.7 Å². The molecule has 1 amide bonds. The van der Waals surface area contributed by atoms with Crippen LogP contribution in [0, 0.1) is 19.8 Å². The number of likely N-dealkylation sites (tertiary alicyclic amines) is 1. The number of hydrogen-bond acceptors (Lipinski definition) is 3. The third-order valence-corrected chi connectivity index (χ3v) is 5.09. The molecule has 3 rings (SSSR count). The normalized spacial score (nSPS) is 16.4. The van der Waals surface area contributed by atoms with Gasteiger partial charge in [-0.3, -0.25) is 9.59 Å². The second-order valence-corrected chi connectivity index (χ2v) is 7.03. The Morgan fingerprint density at radius 1 is 1.16 bits per heavy atom. The molecule has 2 aromatic rings. The van der Waals surface area contributed by atoms with E-state index < -0.39 is 0 Å². The number of piperidine rings is 1. The van der Waals surface area contributed by atoms with Gasteiger partial charge in [-0.2, -0.15) is 0 Å². The van der Waals surface area contributed by atoms with Gasteiger partial charge in [-0.05, 0) is 69.0 Å². The topological polar surface area (TPSA) is 79.2 Å². The van der Waals surface area contributed by atoms with Crippen LogP contribution in [0.2, 0.25) is 0 Å². The number of aromatic amines is 1. The summed E-state index contributed by atoms with van der Waals surface area (Å²) < 4.78 is 0. The second kappa shape index (κ2) is 6.75. The molecule has 0 saturated carbocycles. The molecule has 0 atom stereocenters. The Balaban J connectivity index is 1.72. The summed E-state index contributed by atoms with van der Waals surface area (Å²) in [6.45, 7) is 6.96. The number of fused-ring (bicyclic) bond motifs is 1. The van der Waals surface area contributed by atoms with Crippen molar-refractivity contribution in [3.05, 3.63) is 46.8 Å². The maximum atomic E-state index is 12.8. The summed E-state index contributed by atoms with van der Waals surface area (Å²) in [7, 11) is 0. The highest BCUT2D eigenvalue weighted by Crippen LogP contribution is 2.25. The summed E-state index contributed by atoms with van der Waals surface area (Å²) in [6, 6.07) is 6.12. The van der Waals surface area contributed by atoms with Gasteiger partial charge in [-0.1, -0.05) is 0 Å². The lowest BCUT2D eigenvalue weighted by Crippen LogP contribution is -2.39. The van der Waals surface area contributed by atoms with Gasteiger partial charge in [-0.15, -0.1) is 0 Å². The first kappa shape index (κ1) is 17.3.